The average Bonchev–Trinajstić information content (AvgIpc) is 1.92. The molecule has 1 aromatic rings. The minimum absolute atomic E-state index is 0.616. The Kier molecular flexibility index (Phi) is 2.24. The minimum atomic E-state index is -2.54. The maximum atomic E-state index is 11.3. The zero-order chi connectivity index (χ0) is 9.35. The quantitative estimate of drug-likeness (QED) is 0.713. The van der Waals surface area contributed by atoms with Crippen molar-refractivity contribution in [3.63, 3.8) is 0 Å². The van der Waals surface area contributed by atoms with Gasteiger partial charge in [0.25, 0.3) is 0 Å². The van der Waals surface area contributed by atoms with Crippen molar-refractivity contribution in [2.45, 2.75) is 18.7 Å². The molecule has 0 radical (unpaired) electrons. The lowest BCUT2D eigenvalue weighted by Crippen LogP contribution is -1.95. The smallest absolute Gasteiger partial charge is 0.0696 e. The lowest BCUT2D eigenvalue weighted by molar-refractivity contribution is 0.679. The van der Waals surface area contributed by atoms with Crippen LogP contribution in [0.5, 0.6) is 0 Å². The number of rotatable bonds is 1. The Bertz CT molecular complexity index is 393. The molecule has 0 aliphatic rings. The van der Waals surface area contributed by atoms with Gasteiger partial charge >= 0.3 is 0 Å². The van der Waals surface area contributed by atoms with E-state index in [1.807, 2.05) is 26.0 Å². The second kappa shape index (κ2) is 2.90. The van der Waals surface area contributed by atoms with Gasteiger partial charge in [-0.15, -0.1) is 0 Å². The highest BCUT2D eigenvalue weighted by Crippen LogP contribution is 2.14. The molecular formula is C9H13NOS. The van der Waals surface area contributed by atoms with Gasteiger partial charge in [-0.05, 0) is 37.1 Å². The molecule has 0 heterocycles. The molecule has 0 saturated heterocycles. The lowest BCUT2D eigenvalue weighted by Gasteiger charge is -2.04. The number of aryl methyl sites for hydroxylation is 2. The standard InChI is InChI=1S/C9H13NOS/c1-7-4-5-9(6-8(7)2)12(3,10)11/h4-6,10H,1-3H3/t12-/m1/s1. The van der Waals surface area contributed by atoms with E-state index >= 15 is 0 Å². The molecule has 1 atom stereocenters. The van der Waals surface area contributed by atoms with Gasteiger partial charge in [0.2, 0.25) is 0 Å². The van der Waals surface area contributed by atoms with Crippen LogP contribution < -0.4 is 0 Å². The van der Waals surface area contributed by atoms with Crippen molar-refractivity contribution in [1.29, 1.82) is 4.78 Å². The summed E-state index contributed by atoms with van der Waals surface area (Å²) in [7, 11) is -2.54. The van der Waals surface area contributed by atoms with Crippen LogP contribution in [-0.4, -0.2) is 10.5 Å². The zero-order valence-corrected chi connectivity index (χ0v) is 8.37. The van der Waals surface area contributed by atoms with E-state index in [1.165, 1.54) is 11.8 Å². The third kappa shape index (κ3) is 1.85. The van der Waals surface area contributed by atoms with E-state index < -0.39 is 9.73 Å². The molecule has 1 N–H and O–H groups in total. The Morgan fingerprint density at radius 2 is 1.83 bits per heavy atom. The summed E-state index contributed by atoms with van der Waals surface area (Å²) in [5.74, 6) is 0. The summed E-state index contributed by atoms with van der Waals surface area (Å²) in [6.07, 6.45) is 1.44. The first-order valence-corrected chi connectivity index (χ1v) is 5.69. The van der Waals surface area contributed by atoms with Crippen molar-refractivity contribution >= 4 is 9.73 Å². The Labute approximate surface area is 73.6 Å². The number of hydrogen-bond donors (Lipinski definition) is 1. The lowest BCUT2D eigenvalue weighted by atomic mass is 10.1. The monoisotopic (exact) mass is 183 g/mol. The molecule has 0 bridgehead atoms. The molecule has 0 fully saturated rings. The van der Waals surface area contributed by atoms with E-state index in [0.29, 0.717) is 4.90 Å². The van der Waals surface area contributed by atoms with Crippen LogP contribution in [0, 0.1) is 18.6 Å². The molecule has 0 amide bonds. The van der Waals surface area contributed by atoms with Gasteiger partial charge in [-0.2, -0.15) is 0 Å². The summed E-state index contributed by atoms with van der Waals surface area (Å²) >= 11 is 0. The van der Waals surface area contributed by atoms with E-state index in [2.05, 4.69) is 0 Å². The van der Waals surface area contributed by atoms with Gasteiger partial charge in [0.15, 0.2) is 0 Å². The van der Waals surface area contributed by atoms with Crippen LogP contribution in [0.25, 0.3) is 0 Å². The van der Waals surface area contributed by atoms with Crippen molar-refractivity contribution in [3.8, 4) is 0 Å². The predicted molar refractivity (Wildman–Crippen MR) is 51.0 cm³/mol. The van der Waals surface area contributed by atoms with Gasteiger partial charge in [0, 0.05) is 11.2 Å². The minimum Gasteiger partial charge on any atom is -0.249 e. The van der Waals surface area contributed by atoms with Crippen LogP contribution in [0.15, 0.2) is 23.1 Å². The molecule has 66 valence electrons. The van der Waals surface area contributed by atoms with E-state index in [0.717, 1.165) is 5.56 Å². The normalized spacial score (nSPS) is 15.6. The summed E-state index contributed by atoms with van der Waals surface area (Å²) in [5.41, 5.74) is 2.26. The van der Waals surface area contributed by atoms with Crippen LogP contribution in [-0.2, 0) is 9.73 Å². The fraction of sp³-hybridized carbons (Fsp3) is 0.333. The SMILES string of the molecule is Cc1ccc([S@](C)(=N)=O)cc1C. The van der Waals surface area contributed by atoms with Gasteiger partial charge in [-0.25, -0.2) is 8.99 Å². The molecule has 12 heavy (non-hydrogen) atoms. The van der Waals surface area contributed by atoms with Crippen LogP contribution in [0.2, 0.25) is 0 Å². The van der Waals surface area contributed by atoms with Crippen molar-refractivity contribution < 1.29 is 4.21 Å². The molecule has 1 aromatic carbocycles. The van der Waals surface area contributed by atoms with E-state index in [9.17, 15) is 4.21 Å². The Morgan fingerprint density at radius 3 is 2.25 bits per heavy atom. The molecule has 0 unspecified atom stereocenters. The van der Waals surface area contributed by atoms with Crippen LogP contribution >= 0.6 is 0 Å². The molecular weight excluding hydrogens is 170 g/mol. The number of benzene rings is 1. The van der Waals surface area contributed by atoms with E-state index in [4.69, 9.17) is 4.78 Å². The number of hydrogen-bond acceptors (Lipinski definition) is 2. The van der Waals surface area contributed by atoms with Gasteiger partial charge in [0.1, 0.15) is 0 Å². The highest BCUT2D eigenvalue weighted by Gasteiger charge is 2.03. The molecule has 0 spiro atoms. The highest BCUT2D eigenvalue weighted by atomic mass is 32.2. The summed E-state index contributed by atoms with van der Waals surface area (Å²) in [6, 6.07) is 5.49. The van der Waals surface area contributed by atoms with E-state index in [-0.39, 0.29) is 0 Å². The molecule has 1 rings (SSSR count). The van der Waals surface area contributed by atoms with Crippen molar-refractivity contribution in [3.05, 3.63) is 29.3 Å². The maximum absolute atomic E-state index is 11.3. The molecule has 3 heteroatoms. The largest absolute Gasteiger partial charge is 0.249 e. The Balaban J connectivity index is 3.33. The second-order valence-electron chi connectivity index (χ2n) is 3.09. The third-order valence-corrected chi connectivity index (χ3v) is 3.08. The first-order valence-electron chi connectivity index (χ1n) is 3.72. The summed E-state index contributed by atoms with van der Waals surface area (Å²) in [6.45, 7) is 3.96. The van der Waals surface area contributed by atoms with Crippen LogP contribution in [0.3, 0.4) is 0 Å². The topological polar surface area (TPSA) is 40.9 Å². The Morgan fingerprint density at radius 1 is 1.25 bits per heavy atom. The molecule has 0 aliphatic heterocycles. The maximum Gasteiger partial charge on any atom is 0.0696 e. The highest BCUT2D eigenvalue weighted by molar-refractivity contribution is 7.91. The predicted octanol–water partition coefficient (Wildman–Crippen LogP) is 2.34. The fourth-order valence-electron chi connectivity index (χ4n) is 0.956. The zero-order valence-electron chi connectivity index (χ0n) is 7.55. The van der Waals surface area contributed by atoms with Gasteiger partial charge in [-0.3, -0.25) is 0 Å². The van der Waals surface area contributed by atoms with E-state index in [1.54, 1.807) is 6.07 Å². The van der Waals surface area contributed by atoms with Gasteiger partial charge < -0.3 is 0 Å². The molecule has 0 aliphatic carbocycles. The van der Waals surface area contributed by atoms with Crippen LogP contribution in [0.4, 0.5) is 0 Å². The molecule has 2 nitrogen and oxygen atoms in total. The number of nitrogens with one attached hydrogen (secondary N) is 1. The second-order valence-corrected chi connectivity index (χ2v) is 5.25. The Hall–Kier alpha value is -0.830. The van der Waals surface area contributed by atoms with Gasteiger partial charge in [0.05, 0.1) is 9.73 Å². The summed E-state index contributed by atoms with van der Waals surface area (Å²) in [4.78, 5) is 0.616. The van der Waals surface area contributed by atoms with Gasteiger partial charge in [-0.1, -0.05) is 6.07 Å². The summed E-state index contributed by atoms with van der Waals surface area (Å²) in [5, 5.41) is 0. The van der Waals surface area contributed by atoms with Crippen molar-refractivity contribution in [2.24, 2.45) is 0 Å². The molecule has 0 saturated carbocycles. The third-order valence-electron chi connectivity index (χ3n) is 1.93. The first-order chi connectivity index (χ1) is 5.41. The summed E-state index contributed by atoms with van der Waals surface area (Å²) < 4.78 is 18.7. The molecule has 0 aromatic heterocycles. The fourth-order valence-corrected chi connectivity index (χ4v) is 1.69. The van der Waals surface area contributed by atoms with Crippen molar-refractivity contribution in [1.82, 2.24) is 0 Å². The average molecular weight is 183 g/mol. The van der Waals surface area contributed by atoms with Crippen molar-refractivity contribution in [2.75, 3.05) is 6.26 Å². The first kappa shape index (κ1) is 9.26. The van der Waals surface area contributed by atoms with Crippen LogP contribution in [0.1, 0.15) is 11.1 Å².